The average molecular weight is 250 g/mol. The molecule has 1 saturated carbocycles. The molecule has 1 fully saturated rings. The molecule has 0 unspecified atom stereocenters. The Labute approximate surface area is 96.0 Å². The minimum atomic E-state index is -4.37. The number of rotatable bonds is 4. The number of nitrogens with zero attached hydrogens (tertiary/aromatic N) is 2. The number of halogens is 3. The van der Waals surface area contributed by atoms with Crippen molar-refractivity contribution in [3.05, 3.63) is 12.3 Å². The molecule has 7 heteroatoms. The van der Waals surface area contributed by atoms with Crippen LogP contribution < -0.4 is 4.74 Å². The summed E-state index contributed by atoms with van der Waals surface area (Å²) in [6.07, 6.45) is -0.496. The van der Waals surface area contributed by atoms with Crippen molar-refractivity contribution in [3.8, 4) is 5.88 Å². The molecule has 0 spiro atoms. The third-order valence-electron chi connectivity index (χ3n) is 2.74. The maximum absolute atomic E-state index is 11.9. The van der Waals surface area contributed by atoms with Gasteiger partial charge in [-0.05, 0) is 19.3 Å². The highest BCUT2D eigenvalue weighted by atomic mass is 19.4. The lowest BCUT2D eigenvalue weighted by atomic mass is 9.80. The van der Waals surface area contributed by atoms with Crippen molar-refractivity contribution in [3.63, 3.8) is 0 Å². The van der Waals surface area contributed by atoms with Crippen molar-refractivity contribution in [1.29, 1.82) is 0 Å². The third kappa shape index (κ3) is 3.36. The summed E-state index contributed by atoms with van der Waals surface area (Å²) in [5, 5.41) is 13.7. The van der Waals surface area contributed by atoms with Crippen LogP contribution in [-0.2, 0) is 6.54 Å². The number of ether oxygens (including phenoxy) is 1. The molecule has 0 aromatic carbocycles. The summed E-state index contributed by atoms with van der Waals surface area (Å²) in [5.41, 5.74) is -0.757. The molecule has 0 aliphatic heterocycles. The first-order valence-corrected chi connectivity index (χ1v) is 5.32. The summed E-state index contributed by atoms with van der Waals surface area (Å²) in [6, 6.07) is 1.35. The van der Waals surface area contributed by atoms with Crippen LogP contribution in [0.3, 0.4) is 0 Å². The van der Waals surface area contributed by atoms with Crippen molar-refractivity contribution < 1.29 is 23.0 Å². The molecule has 0 amide bonds. The third-order valence-corrected chi connectivity index (χ3v) is 2.74. The zero-order chi connectivity index (χ0) is 12.5. The van der Waals surface area contributed by atoms with Crippen molar-refractivity contribution in [1.82, 2.24) is 9.78 Å². The van der Waals surface area contributed by atoms with E-state index in [9.17, 15) is 18.3 Å². The molecule has 1 heterocycles. The number of aromatic nitrogens is 2. The van der Waals surface area contributed by atoms with E-state index in [1.54, 1.807) is 0 Å². The summed E-state index contributed by atoms with van der Waals surface area (Å²) in [7, 11) is 0. The van der Waals surface area contributed by atoms with E-state index >= 15 is 0 Å². The molecule has 0 atom stereocenters. The Balaban J connectivity index is 1.87. The van der Waals surface area contributed by atoms with Crippen molar-refractivity contribution in [2.75, 3.05) is 6.61 Å². The van der Waals surface area contributed by atoms with Gasteiger partial charge >= 0.3 is 6.18 Å². The van der Waals surface area contributed by atoms with Gasteiger partial charge in [0.05, 0.1) is 12.1 Å². The Morgan fingerprint density at radius 3 is 2.71 bits per heavy atom. The molecule has 96 valence electrons. The number of hydrogen-bond acceptors (Lipinski definition) is 3. The molecule has 0 bridgehead atoms. The SMILES string of the molecule is OC1(Cn2ccc(OCC(F)(F)F)n2)CCC1. The molecule has 0 radical (unpaired) electrons. The molecule has 1 aromatic heterocycles. The van der Waals surface area contributed by atoms with Crippen LogP contribution in [-0.4, -0.2) is 33.3 Å². The summed E-state index contributed by atoms with van der Waals surface area (Å²) in [6.45, 7) is -1.06. The minimum Gasteiger partial charge on any atom is -0.467 e. The Bertz CT molecular complexity index is 385. The highest BCUT2D eigenvalue weighted by molar-refractivity contribution is 5.06. The number of aliphatic hydroxyl groups is 1. The van der Waals surface area contributed by atoms with Crippen LogP contribution in [0.4, 0.5) is 13.2 Å². The van der Waals surface area contributed by atoms with Gasteiger partial charge in [-0.2, -0.15) is 13.2 Å². The van der Waals surface area contributed by atoms with Gasteiger partial charge in [-0.3, -0.25) is 4.68 Å². The molecule has 2 rings (SSSR count). The monoisotopic (exact) mass is 250 g/mol. The normalized spacial score (nSPS) is 18.8. The zero-order valence-electron chi connectivity index (χ0n) is 9.07. The highest BCUT2D eigenvalue weighted by Gasteiger charge is 2.35. The molecule has 0 saturated heterocycles. The molecule has 4 nitrogen and oxygen atoms in total. The van der Waals surface area contributed by atoms with Crippen LogP contribution in [0.5, 0.6) is 5.88 Å². The standard InChI is InChI=1S/C10H13F3N2O2/c11-10(12,13)7-17-8-2-5-15(14-8)6-9(16)3-1-4-9/h2,5,16H,1,3-4,6-7H2. The molecule has 1 aromatic rings. The van der Waals surface area contributed by atoms with Crippen LogP contribution in [0.1, 0.15) is 19.3 Å². The van der Waals surface area contributed by atoms with E-state index in [4.69, 9.17) is 0 Å². The molecular weight excluding hydrogens is 237 g/mol. The maximum Gasteiger partial charge on any atom is 0.422 e. The van der Waals surface area contributed by atoms with E-state index in [2.05, 4.69) is 9.84 Å². The van der Waals surface area contributed by atoms with Gasteiger partial charge in [0.25, 0.3) is 0 Å². The van der Waals surface area contributed by atoms with Crippen LogP contribution in [0.25, 0.3) is 0 Å². The molecule has 1 N–H and O–H groups in total. The van der Waals surface area contributed by atoms with Gasteiger partial charge in [-0.1, -0.05) is 0 Å². The highest BCUT2D eigenvalue weighted by Crippen LogP contribution is 2.33. The summed E-state index contributed by atoms with van der Waals surface area (Å²) < 4.78 is 41.5. The van der Waals surface area contributed by atoms with E-state index in [-0.39, 0.29) is 5.88 Å². The Hall–Kier alpha value is -1.24. The van der Waals surface area contributed by atoms with Gasteiger partial charge in [-0.25, -0.2) is 0 Å². The van der Waals surface area contributed by atoms with E-state index in [1.165, 1.54) is 16.9 Å². The predicted octanol–water partition coefficient (Wildman–Crippen LogP) is 1.74. The predicted molar refractivity (Wildman–Crippen MR) is 52.6 cm³/mol. The quantitative estimate of drug-likeness (QED) is 0.885. The van der Waals surface area contributed by atoms with Crippen molar-refractivity contribution >= 4 is 0 Å². The lowest BCUT2D eigenvalue weighted by Crippen LogP contribution is -2.41. The average Bonchev–Trinajstić information content (AvgIpc) is 2.59. The fourth-order valence-corrected chi connectivity index (χ4v) is 1.71. The Morgan fingerprint density at radius 2 is 2.18 bits per heavy atom. The van der Waals surface area contributed by atoms with Gasteiger partial charge in [0.2, 0.25) is 5.88 Å². The largest absolute Gasteiger partial charge is 0.467 e. The van der Waals surface area contributed by atoms with E-state index in [1.807, 2.05) is 0 Å². The van der Waals surface area contributed by atoms with Crippen LogP contribution in [0.15, 0.2) is 12.3 Å². The lowest BCUT2D eigenvalue weighted by Gasteiger charge is -2.36. The van der Waals surface area contributed by atoms with Gasteiger partial charge in [0.15, 0.2) is 6.61 Å². The van der Waals surface area contributed by atoms with Crippen molar-refractivity contribution in [2.24, 2.45) is 0 Å². The smallest absolute Gasteiger partial charge is 0.422 e. The van der Waals surface area contributed by atoms with Crippen LogP contribution in [0, 0.1) is 0 Å². The van der Waals surface area contributed by atoms with Gasteiger partial charge in [-0.15, -0.1) is 5.10 Å². The Morgan fingerprint density at radius 1 is 1.47 bits per heavy atom. The van der Waals surface area contributed by atoms with Gasteiger partial charge < -0.3 is 9.84 Å². The zero-order valence-corrected chi connectivity index (χ0v) is 9.07. The second kappa shape index (κ2) is 4.21. The fourth-order valence-electron chi connectivity index (χ4n) is 1.71. The fraction of sp³-hybridized carbons (Fsp3) is 0.700. The lowest BCUT2D eigenvalue weighted by molar-refractivity contribution is -0.154. The molecular formula is C10H13F3N2O2. The first-order valence-electron chi connectivity index (χ1n) is 5.32. The second-order valence-electron chi connectivity index (χ2n) is 4.33. The number of hydrogen-bond donors (Lipinski definition) is 1. The Kier molecular flexibility index (Phi) is 3.03. The van der Waals surface area contributed by atoms with Gasteiger partial charge in [0.1, 0.15) is 0 Å². The summed E-state index contributed by atoms with van der Waals surface area (Å²) >= 11 is 0. The molecule has 17 heavy (non-hydrogen) atoms. The van der Waals surface area contributed by atoms with Gasteiger partial charge in [0, 0.05) is 12.3 Å². The molecule has 1 aliphatic rings. The first-order chi connectivity index (χ1) is 7.86. The maximum atomic E-state index is 11.9. The molecule has 1 aliphatic carbocycles. The first kappa shape index (κ1) is 12.2. The van der Waals surface area contributed by atoms with Crippen molar-refractivity contribution in [2.45, 2.75) is 37.6 Å². The van der Waals surface area contributed by atoms with Crippen LogP contribution in [0.2, 0.25) is 0 Å². The topological polar surface area (TPSA) is 47.3 Å². The van der Waals surface area contributed by atoms with E-state index in [0.717, 1.165) is 6.42 Å². The van der Waals surface area contributed by atoms with E-state index in [0.29, 0.717) is 19.4 Å². The minimum absolute atomic E-state index is 0.0785. The number of alkyl halides is 3. The second-order valence-corrected chi connectivity index (χ2v) is 4.33. The van der Waals surface area contributed by atoms with Crippen LogP contribution >= 0.6 is 0 Å². The summed E-state index contributed by atoms with van der Waals surface area (Å²) in [4.78, 5) is 0. The summed E-state index contributed by atoms with van der Waals surface area (Å²) in [5.74, 6) is -0.0785. The van der Waals surface area contributed by atoms with E-state index < -0.39 is 18.4 Å².